The molecule has 2 bridgehead atoms. The number of carbonyl (C=O) groups excluding carboxylic acids is 1. The summed E-state index contributed by atoms with van der Waals surface area (Å²) in [4.78, 5) is 11.2. The van der Waals surface area contributed by atoms with E-state index >= 15 is 0 Å². The number of carbonyl (C=O) groups is 1. The van der Waals surface area contributed by atoms with Crippen LogP contribution in [0.1, 0.15) is 25.7 Å². The monoisotopic (exact) mass is 169 g/mol. The van der Waals surface area contributed by atoms with Gasteiger partial charge in [0.25, 0.3) is 0 Å². The lowest BCUT2D eigenvalue weighted by Crippen LogP contribution is -2.46. The molecule has 3 heteroatoms. The Labute approximate surface area is 72.5 Å². The summed E-state index contributed by atoms with van der Waals surface area (Å²) >= 11 is 0. The van der Waals surface area contributed by atoms with E-state index in [9.17, 15) is 4.79 Å². The van der Waals surface area contributed by atoms with E-state index in [0.29, 0.717) is 6.04 Å². The predicted octanol–water partition coefficient (Wildman–Crippen LogP) is 0.690. The number of methoxy groups -OCH3 is 1. The van der Waals surface area contributed by atoms with Crippen LogP contribution in [0.3, 0.4) is 0 Å². The van der Waals surface area contributed by atoms with Crippen LogP contribution >= 0.6 is 0 Å². The third-order valence-corrected chi connectivity index (χ3v) is 3.03. The number of hydrogen-bond donors (Lipinski definition) is 1. The summed E-state index contributed by atoms with van der Waals surface area (Å²) in [5.74, 6) is 0.673. The first-order valence-electron chi connectivity index (χ1n) is 4.63. The van der Waals surface area contributed by atoms with Crippen molar-refractivity contribution in [2.24, 2.45) is 5.92 Å². The van der Waals surface area contributed by atoms with Crippen molar-refractivity contribution in [3.63, 3.8) is 0 Å². The van der Waals surface area contributed by atoms with Crippen molar-refractivity contribution in [1.29, 1.82) is 0 Å². The highest BCUT2D eigenvalue weighted by Crippen LogP contribution is 2.33. The molecule has 2 aliphatic rings. The molecule has 1 heterocycles. The Morgan fingerprint density at radius 1 is 1.42 bits per heavy atom. The first kappa shape index (κ1) is 8.05. The SMILES string of the molecule is COC(=O)[C@@H]1C[C@@H]2CC[C@H](C2)N1. The fourth-order valence-corrected chi connectivity index (χ4v) is 2.43. The first-order chi connectivity index (χ1) is 5.79. The lowest BCUT2D eigenvalue weighted by molar-refractivity contribution is -0.144. The number of ether oxygens (including phenoxy) is 1. The minimum absolute atomic E-state index is 0.0266. The maximum atomic E-state index is 11.2. The Morgan fingerprint density at radius 2 is 2.25 bits per heavy atom. The van der Waals surface area contributed by atoms with Gasteiger partial charge in [-0.15, -0.1) is 0 Å². The normalized spacial score (nSPS) is 39.6. The molecule has 0 aromatic rings. The molecule has 0 amide bonds. The molecule has 1 aliphatic heterocycles. The third kappa shape index (κ3) is 1.33. The van der Waals surface area contributed by atoms with Crippen LogP contribution in [0, 0.1) is 5.92 Å². The van der Waals surface area contributed by atoms with E-state index in [1.807, 2.05) is 0 Å². The molecule has 3 atom stereocenters. The molecule has 68 valence electrons. The molecule has 2 rings (SSSR count). The molecular formula is C9H15NO2. The van der Waals surface area contributed by atoms with Gasteiger partial charge in [0.15, 0.2) is 0 Å². The average molecular weight is 169 g/mol. The zero-order chi connectivity index (χ0) is 8.55. The fourth-order valence-electron chi connectivity index (χ4n) is 2.43. The second-order valence-corrected chi connectivity index (χ2v) is 3.85. The molecule has 0 spiro atoms. The van der Waals surface area contributed by atoms with Gasteiger partial charge in [-0.1, -0.05) is 0 Å². The zero-order valence-corrected chi connectivity index (χ0v) is 7.38. The summed E-state index contributed by atoms with van der Waals surface area (Å²) in [7, 11) is 1.46. The summed E-state index contributed by atoms with van der Waals surface area (Å²) in [6, 6.07) is 0.550. The van der Waals surface area contributed by atoms with Crippen LogP contribution in [0.25, 0.3) is 0 Å². The number of hydrogen-bond acceptors (Lipinski definition) is 3. The Kier molecular flexibility index (Phi) is 2.05. The van der Waals surface area contributed by atoms with Gasteiger partial charge in [-0.2, -0.15) is 0 Å². The lowest BCUT2D eigenvalue weighted by atomic mass is 9.94. The first-order valence-corrected chi connectivity index (χ1v) is 4.63. The van der Waals surface area contributed by atoms with Gasteiger partial charge in [-0.25, -0.2) is 0 Å². The van der Waals surface area contributed by atoms with Gasteiger partial charge in [0.2, 0.25) is 0 Å². The molecular weight excluding hydrogens is 154 g/mol. The topological polar surface area (TPSA) is 38.3 Å². The smallest absolute Gasteiger partial charge is 0.322 e. The molecule has 1 N–H and O–H groups in total. The highest BCUT2D eigenvalue weighted by molar-refractivity contribution is 5.75. The second kappa shape index (κ2) is 3.05. The van der Waals surface area contributed by atoms with Crippen LogP contribution in [0.5, 0.6) is 0 Å². The standard InChI is InChI=1S/C9H15NO2/c1-12-9(11)8-5-6-2-3-7(4-6)10-8/h6-8,10H,2-5H2,1H3/t6-,7-,8+/m1/s1. The molecule has 3 nitrogen and oxygen atoms in total. The zero-order valence-electron chi connectivity index (χ0n) is 7.38. The van der Waals surface area contributed by atoms with Gasteiger partial charge in [0.05, 0.1) is 7.11 Å². The van der Waals surface area contributed by atoms with Gasteiger partial charge in [-0.05, 0) is 31.6 Å². The molecule has 0 aromatic carbocycles. The minimum Gasteiger partial charge on any atom is -0.468 e. The van der Waals surface area contributed by atoms with E-state index in [4.69, 9.17) is 4.74 Å². The summed E-state index contributed by atoms with van der Waals surface area (Å²) in [6.07, 6.45) is 4.75. The number of piperidine rings is 1. The van der Waals surface area contributed by atoms with E-state index < -0.39 is 0 Å². The molecule has 1 saturated heterocycles. The molecule has 0 unspecified atom stereocenters. The van der Waals surface area contributed by atoms with E-state index in [1.165, 1.54) is 26.4 Å². The fraction of sp³-hybridized carbons (Fsp3) is 0.889. The summed E-state index contributed by atoms with van der Waals surface area (Å²) in [5, 5.41) is 3.32. The van der Waals surface area contributed by atoms with Crippen molar-refractivity contribution in [1.82, 2.24) is 5.32 Å². The van der Waals surface area contributed by atoms with E-state index in [1.54, 1.807) is 0 Å². The molecule has 1 aliphatic carbocycles. The summed E-state index contributed by atoms with van der Waals surface area (Å²) in [5.41, 5.74) is 0. The third-order valence-electron chi connectivity index (χ3n) is 3.03. The van der Waals surface area contributed by atoms with Gasteiger partial charge in [0, 0.05) is 6.04 Å². The van der Waals surface area contributed by atoms with E-state index in [-0.39, 0.29) is 12.0 Å². The van der Waals surface area contributed by atoms with Gasteiger partial charge < -0.3 is 10.1 Å². The van der Waals surface area contributed by atoms with Crippen molar-refractivity contribution in [2.75, 3.05) is 7.11 Å². The maximum Gasteiger partial charge on any atom is 0.322 e. The largest absolute Gasteiger partial charge is 0.468 e. The van der Waals surface area contributed by atoms with Crippen LogP contribution in [0.2, 0.25) is 0 Å². The molecule has 2 fully saturated rings. The highest BCUT2D eigenvalue weighted by Gasteiger charge is 2.36. The van der Waals surface area contributed by atoms with Crippen molar-refractivity contribution in [3.8, 4) is 0 Å². The summed E-state index contributed by atoms with van der Waals surface area (Å²) < 4.78 is 4.71. The number of fused-ring (bicyclic) bond motifs is 2. The van der Waals surface area contributed by atoms with Gasteiger partial charge in [0.1, 0.15) is 6.04 Å². The molecule has 1 saturated carbocycles. The molecule has 0 aromatic heterocycles. The molecule has 12 heavy (non-hydrogen) atoms. The van der Waals surface area contributed by atoms with Crippen LogP contribution in [0.4, 0.5) is 0 Å². The quantitative estimate of drug-likeness (QED) is 0.587. The number of nitrogens with one attached hydrogen (secondary N) is 1. The highest BCUT2D eigenvalue weighted by atomic mass is 16.5. The maximum absolute atomic E-state index is 11.2. The minimum atomic E-state index is -0.0911. The van der Waals surface area contributed by atoms with Gasteiger partial charge in [-0.3, -0.25) is 4.79 Å². The number of esters is 1. The Bertz CT molecular complexity index is 181. The van der Waals surface area contributed by atoms with Crippen LogP contribution in [-0.2, 0) is 9.53 Å². The predicted molar refractivity (Wildman–Crippen MR) is 44.7 cm³/mol. The average Bonchev–Trinajstić information content (AvgIpc) is 2.44. The molecule has 0 radical (unpaired) electrons. The Hall–Kier alpha value is -0.570. The van der Waals surface area contributed by atoms with Crippen LogP contribution in [-0.4, -0.2) is 25.2 Å². The number of rotatable bonds is 1. The van der Waals surface area contributed by atoms with Crippen LogP contribution in [0.15, 0.2) is 0 Å². The summed E-state index contributed by atoms with van der Waals surface area (Å²) in [6.45, 7) is 0. The van der Waals surface area contributed by atoms with Crippen molar-refractivity contribution in [2.45, 2.75) is 37.8 Å². The lowest BCUT2D eigenvalue weighted by Gasteiger charge is -2.27. The van der Waals surface area contributed by atoms with Crippen molar-refractivity contribution < 1.29 is 9.53 Å². The van der Waals surface area contributed by atoms with Crippen molar-refractivity contribution in [3.05, 3.63) is 0 Å². The van der Waals surface area contributed by atoms with Gasteiger partial charge >= 0.3 is 5.97 Å². The second-order valence-electron chi connectivity index (χ2n) is 3.85. The van der Waals surface area contributed by atoms with Crippen molar-refractivity contribution >= 4 is 5.97 Å². The Balaban J connectivity index is 1.98. The Morgan fingerprint density at radius 3 is 2.92 bits per heavy atom. The van der Waals surface area contributed by atoms with Crippen LogP contribution < -0.4 is 5.32 Å². The van der Waals surface area contributed by atoms with E-state index in [2.05, 4.69) is 5.32 Å². The van der Waals surface area contributed by atoms with E-state index in [0.717, 1.165) is 12.3 Å².